The molecule has 4 atom stereocenters. The average molecular weight is 566 g/mol. The second kappa shape index (κ2) is 10.5. The van der Waals surface area contributed by atoms with Crippen molar-refractivity contribution in [2.24, 2.45) is 0 Å². The molecule has 1 amide bonds. The van der Waals surface area contributed by atoms with Crippen molar-refractivity contribution in [3.05, 3.63) is 54.4 Å². The number of amides is 1. The van der Waals surface area contributed by atoms with Crippen LogP contribution < -0.4 is 14.5 Å². The van der Waals surface area contributed by atoms with Crippen LogP contribution in [0, 0.1) is 6.92 Å². The summed E-state index contributed by atoms with van der Waals surface area (Å²) in [5.74, 6) is 0.422. The number of aliphatic hydroxyl groups is 2. The molecule has 1 aliphatic heterocycles. The summed E-state index contributed by atoms with van der Waals surface area (Å²) in [7, 11) is 2.99. The van der Waals surface area contributed by atoms with E-state index in [0.717, 1.165) is 15.9 Å². The van der Waals surface area contributed by atoms with Crippen LogP contribution >= 0.6 is 0 Å². The number of ether oxygens (including phenoxy) is 2. The van der Waals surface area contributed by atoms with Crippen molar-refractivity contribution in [2.75, 3.05) is 14.2 Å². The first-order valence-corrected chi connectivity index (χ1v) is 13.7. The van der Waals surface area contributed by atoms with Crippen LogP contribution in [0.5, 0.6) is 5.75 Å². The van der Waals surface area contributed by atoms with Crippen LogP contribution in [-0.4, -0.2) is 93.8 Å². The summed E-state index contributed by atoms with van der Waals surface area (Å²) >= 11 is -0.509. The van der Waals surface area contributed by atoms with Crippen LogP contribution in [0.3, 0.4) is 0 Å². The van der Waals surface area contributed by atoms with Crippen molar-refractivity contribution in [1.29, 1.82) is 0 Å². The van der Waals surface area contributed by atoms with E-state index in [0.29, 0.717) is 33.5 Å². The van der Waals surface area contributed by atoms with Crippen LogP contribution in [-0.2, 0) is 14.7 Å². The van der Waals surface area contributed by atoms with Gasteiger partial charge in [0.1, 0.15) is 0 Å². The summed E-state index contributed by atoms with van der Waals surface area (Å²) in [6.45, 7) is 1.95. The number of aliphatic hydroxyl groups excluding tert-OH is 2. The Morgan fingerprint density at radius 1 is 1.22 bits per heavy atom. The molecule has 0 saturated carbocycles. The minimum absolute atomic E-state index is 0.402. The molecule has 191 valence electrons. The molecule has 5 rings (SSSR count). The normalized spacial score (nSPS) is 21.6. The number of carbonyl (C=O) groups excluding carboxylic acids is 1. The van der Waals surface area contributed by atoms with E-state index >= 15 is 0 Å². The van der Waals surface area contributed by atoms with Crippen LogP contribution in [0.1, 0.15) is 17.6 Å². The number of imidazole rings is 1. The van der Waals surface area contributed by atoms with Gasteiger partial charge < -0.3 is 0 Å². The van der Waals surface area contributed by atoms with Gasteiger partial charge in [0.25, 0.3) is 0 Å². The van der Waals surface area contributed by atoms with Gasteiger partial charge in [-0.15, -0.1) is 0 Å². The monoisotopic (exact) mass is 566 g/mol. The second-order valence-electron chi connectivity index (χ2n) is 8.44. The maximum atomic E-state index is 12.2. The molecule has 0 unspecified atom stereocenters. The first kappa shape index (κ1) is 25.2. The third-order valence-corrected chi connectivity index (χ3v) is 8.26. The zero-order chi connectivity index (χ0) is 26.1. The van der Waals surface area contributed by atoms with Crippen molar-refractivity contribution in [2.45, 2.75) is 36.7 Å². The van der Waals surface area contributed by atoms with Crippen molar-refractivity contribution in [3.63, 3.8) is 0 Å². The van der Waals surface area contributed by atoms with E-state index in [2.05, 4.69) is 20.3 Å². The molecule has 4 aromatic heterocycles. The third-order valence-electron chi connectivity index (χ3n) is 5.96. The van der Waals surface area contributed by atoms with Gasteiger partial charge in [0.15, 0.2) is 0 Å². The fraction of sp³-hybridized carbons (Fsp3) is 0.333. The summed E-state index contributed by atoms with van der Waals surface area (Å²) in [5.41, 5.74) is 3.50. The van der Waals surface area contributed by atoms with Crippen LogP contribution in [0.2, 0.25) is 0 Å². The van der Waals surface area contributed by atoms with E-state index < -0.39 is 46.2 Å². The molecule has 3 N–H and O–H groups in total. The number of aromatic nitrogens is 6. The molecule has 4 aromatic rings. The zero-order valence-electron chi connectivity index (χ0n) is 20.3. The molecule has 1 radical (unpaired) electrons. The second-order valence-corrected chi connectivity index (χ2v) is 10.7. The fourth-order valence-electron chi connectivity index (χ4n) is 4.07. The number of nitrogens with one attached hydrogen (secondary N) is 1. The summed E-state index contributed by atoms with van der Waals surface area (Å²) in [6.07, 6.45) is -0.380. The molecule has 1 aliphatic rings. The first-order valence-electron chi connectivity index (χ1n) is 11.5. The number of hydrogen-bond donors (Lipinski definition) is 3. The van der Waals surface area contributed by atoms with Crippen LogP contribution in [0.4, 0.5) is 0 Å². The Balaban J connectivity index is 1.59. The molecule has 1 saturated heterocycles. The number of fused-ring (bicyclic) bond motifs is 1. The van der Waals surface area contributed by atoms with Gasteiger partial charge in [-0.2, -0.15) is 0 Å². The Kier molecular flexibility index (Phi) is 7.16. The van der Waals surface area contributed by atoms with Gasteiger partial charge in [-0.3, -0.25) is 0 Å². The van der Waals surface area contributed by atoms with E-state index in [1.807, 2.05) is 25.1 Å². The number of rotatable bonds is 7. The molecule has 37 heavy (non-hydrogen) atoms. The van der Waals surface area contributed by atoms with E-state index in [4.69, 9.17) is 19.4 Å². The molecule has 13 heteroatoms. The topological polar surface area (TPSA) is 157 Å². The van der Waals surface area contributed by atoms with E-state index in [9.17, 15) is 15.0 Å². The van der Waals surface area contributed by atoms with E-state index in [1.165, 1.54) is 17.9 Å². The van der Waals surface area contributed by atoms with Gasteiger partial charge in [0, 0.05) is 0 Å². The fourth-order valence-corrected chi connectivity index (χ4v) is 6.09. The zero-order valence-corrected chi connectivity index (χ0v) is 22.2. The van der Waals surface area contributed by atoms with Crippen molar-refractivity contribution in [3.8, 4) is 17.1 Å². The number of pyridine rings is 2. The Morgan fingerprint density at radius 2 is 2.05 bits per heavy atom. The van der Waals surface area contributed by atoms with Crippen molar-refractivity contribution < 1.29 is 24.5 Å². The van der Waals surface area contributed by atoms with Gasteiger partial charge in [-0.25, -0.2) is 0 Å². The molecule has 12 nitrogen and oxygen atoms in total. The number of hydrogen-bond acceptors (Lipinski definition) is 10. The van der Waals surface area contributed by atoms with Gasteiger partial charge in [0.2, 0.25) is 0 Å². The van der Waals surface area contributed by atoms with E-state index in [1.54, 1.807) is 25.6 Å². The number of likely N-dealkylation sites (N-methyl/N-ethyl adjacent to an activating group) is 1. The Labute approximate surface area is 218 Å². The molecule has 0 bridgehead atoms. The Bertz CT molecular complexity index is 1450. The number of carbonyl (C=O) groups is 1. The quantitative estimate of drug-likeness (QED) is 0.249. The SMILES string of the molecule is CNC(=O)[C@H]1O[C@H](n2cnc3c([As]Cc4cccc(C)n4)nc(-c4cncc(OC)c4)nc32)[C@@H](O)[C@@H]1O. The summed E-state index contributed by atoms with van der Waals surface area (Å²) in [6, 6.07) is 7.69. The molecular formula is C24H25AsN7O5. The molecule has 0 spiro atoms. The molecule has 0 aromatic carbocycles. The number of methoxy groups -OCH3 is 1. The Hall–Kier alpha value is -3.44. The predicted octanol–water partition coefficient (Wildman–Crippen LogP) is -0.505. The number of aryl methyl sites for hydroxylation is 1. The standard InChI is InChI=1S/C24H25AsN7O5/c1-12-5-4-6-14(29-12)8-25-20-16-22(31-21(30-20)13-7-15(36-3)10-27-9-13)32(11-28-16)24-18(34)17(33)19(37-24)23(35)26-2/h4-7,9-11,17-19,24,33-34H,8H2,1-3H3,(H,26,35)/t17-,18-,19-,24-/m0/s1. The molecule has 0 aliphatic carbocycles. The summed E-state index contributed by atoms with van der Waals surface area (Å²) in [5, 5.41) is 24.3. The first-order chi connectivity index (χ1) is 17.9. The van der Waals surface area contributed by atoms with Crippen LogP contribution in [0.25, 0.3) is 22.6 Å². The third kappa shape index (κ3) is 4.93. The minimum atomic E-state index is -1.41. The van der Waals surface area contributed by atoms with Gasteiger partial charge in [-0.1, -0.05) is 0 Å². The molecular weight excluding hydrogens is 541 g/mol. The Morgan fingerprint density at radius 3 is 2.81 bits per heavy atom. The van der Waals surface area contributed by atoms with Crippen molar-refractivity contribution >= 4 is 37.3 Å². The molecule has 1 fully saturated rings. The summed E-state index contributed by atoms with van der Waals surface area (Å²) in [4.78, 5) is 35.1. The van der Waals surface area contributed by atoms with Gasteiger partial charge in [-0.05, 0) is 0 Å². The molecule has 5 heterocycles. The van der Waals surface area contributed by atoms with Gasteiger partial charge >= 0.3 is 219 Å². The van der Waals surface area contributed by atoms with Gasteiger partial charge in [0.05, 0.1) is 0 Å². The van der Waals surface area contributed by atoms with Crippen LogP contribution in [0.15, 0.2) is 43.0 Å². The number of nitrogens with zero attached hydrogens (tertiary/aromatic N) is 6. The van der Waals surface area contributed by atoms with E-state index in [-0.39, 0.29) is 0 Å². The predicted molar refractivity (Wildman–Crippen MR) is 133 cm³/mol. The summed E-state index contributed by atoms with van der Waals surface area (Å²) < 4.78 is 13.4. The van der Waals surface area contributed by atoms with Crippen molar-refractivity contribution in [1.82, 2.24) is 34.8 Å². The average Bonchev–Trinajstić information content (AvgIpc) is 3.47. The maximum absolute atomic E-state index is 12.2.